The number of amides is 3. The van der Waals surface area contributed by atoms with Crippen LogP contribution in [0.15, 0.2) is 30.3 Å². The molecule has 0 bridgehead atoms. The van der Waals surface area contributed by atoms with E-state index in [4.69, 9.17) is 28.9 Å². The van der Waals surface area contributed by atoms with Gasteiger partial charge in [0.15, 0.2) is 0 Å². The van der Waals surface area contributed by atoms with Gasteiger partial charge in [0, 0.05) is 0 Å². The third-order valence-corrected chi connectivity index (χ3v) is 6.75. The normalized spacial score (nSPS) is 17.9. The molecule has 3 amide bonds. The highest BCUT2D eigenvalue weighted by Crippen LogP contribution is 2.39. The molecule has 7 nitrogen and oxygen atoms in total. The number of nitrogens with two attached hydrogens (primary N) is 1. The molecule has 10 heteroatoms. The number of carbonyl (C=O) groups is 3. The zero-order chi connectivity index (χ0) is 20.7. The molecule has 0 unspecified atom stereocenters. The molecule has 0 radical (unpaired) electrons. The van der Waals surface area contributed by atoms with Gasteiger partial charge in [0.05, 0.1) is 27.3 Å². The van der Waals surface area contributed by atoms with Crippen molar-refractivity contribution < 1.29 is 14.4 Å². The van der Waals surface area contributed by atoms with E-state index in [9.17, 15) is 14.4 Å². The molecule has 0 saturated heterocycles. The van der Waals surface area contributed by atoms with Crippen molar-refractivity contribution in [3.8, 4) is 0 Å². The predicted molar refractivity (Wildman–Crippen MR) is 112 cm³/mol. The van der Waals surface area contributed by atoms with Crippen molar-refractivity contribution in [3.63, 3.8) is 0 Å². The number of halogens is 2. The first-order valence-electron chi connectivity index (χ1n) is 8.76. The molecule has 2 aromatic heterocycles. The summed E-state index contributed by atoms with van der Waals surface area (Å²) in [5, 5.41) is 6.16. The fourth-order valence-electron chi connectivity index (χ4n) is 3.58. The van der Waals surface area contributed by atoms with E-state index in [1.165, 1.54) is 11.3 Å². The van der Waals surface area contributed by atoms with E-state index in [0.717, 1.165) is 15.8 Å². The van der Waals surface area contributed by atoms with Gasteiger partial charge in [0.2, 0.25) is 11.8 Å². The van der Waals surface area contributed by atoms with Crippen LogP contribution in [0.1, 0.15) is 34.1 Å². The summed E-state index contributed by atoms with van der Waals surface area (Å²) in [7, 11) is 0. The van der Waals surface area contributed by atoms with E-state index in [1.54, 1.807) is 6.07 Å². The first-order chi connectivity index (χ1) is 13.8. The number of fused-ring (bicyclic) bond motifs is 2. The minimum atomic E-state index is -0.712. The lowest BCUT2D eigenvalue weighted by molar-refractivity contribution is -0.128. The van der Waals surface area contributed by atoms with Crippen molar-refractivity contribution in [1.82, 2.24) is 15.6 Å². The van der Waals surface area contributed by atoms with Gasteiger partial charge in [-0.15, -0.1) is 11.3 Å². The highest BCUT2D eigenvalue weighted by Gasteiger charge is 2.35. The summed E-state index contributed by atoms with van der Waals surface area (Å²) in [4.78, 5) is 39.0. The minimum Gasteiger partial charge on any atom is -0.369 e. The van der Waals surface area contributed by atoms with E-state index in [-0.39, 0.29) is 11.9 Å². The Morgan fingerprint density at radius 3 is 2.69 bits per heavy atom. The van der Waals surface area contributed by atoms with Gasteiger partial charge in [-0.1, -0.05) is 47.5 Å². The predicted octanol–water partition coefficient (Wildman–Crippen LogP) is 2.92. The Morgan fingerprint density at radius 1 is 1.21 bits per heavy atom. The van der Waals surface area contributed by atoms with Gasteiger partial charge < -0.3 is 21.4 Å². The molecule has 1 aliphatic rings. The van der Waals surface area contributed by atoms with Gasteiger partial charge >= 0.3 is 0 Å². The number of aromatic nitrogens is 1. The van der Waals surface area contributed by atoms with E-state index in [2.05, 4.69) is 15.6 Å². The van der Waals surface area contributed by atoms with E-state index >= 15 is 0 Å². The second-order valence-corrected chi connectivity index (χ2v) is 8.82. The zero-order valence-electron chi connectivity index (χ0n) is 14.9. The Balaban J connectivity index is 1.56. The summed E-state index contributed by atoms with van der Waals surface area (Å²) in [5.74, 6) is -1.52. The van der Waals surface area contributed by atoms with Crippen molar-refractivity contribution in [2.45, 2.75) is 24.9 Å². The smallest absolute Gasteiger partial charge is 0.268 e. The van der Waals surface area contributed by atoms with Gasteiger partial charge in [0.1, 0.15) is 16.5 Å². The van der Waals surface area contributed by atoms with Crippen LogP contribution >= 0.6 is 34.5 Å². The molecule has 0 aliphatic heterocycles. The average molecular weight is 451 g/mol. The van der Waals surface area contributed by atoms with Crippen LogP contribution in [0.4, 0.5) is 0 Å². The van der Waals surface area contributed by atoms with E-state index < -0.39 is 24.3 Å². The summed E-state index contributed by atoms with van der Waals surface area (Å²) in [6, 6.07) is 8.45. The maximum atomic E-state index is 12.8. The maximum absolute atomic E-state index is 12.8. The van der Waals surface area contributed by atoms with Crippen molar-refractivity contribution in [2.75, 3.05) is 0 Å². The summed E-state index contributed by atoms with van der Waals surface area (Å²) in [6.45, 7) is 0. The summed E-state index contributed by atoms with van der Waals surface area (Å²) < 4.78 is 1.24. The standard InChI is InChI=1S/C19H16Cl2N4O3S/c20-15-17-12(29-18(15)21)6-11(23-17)19(28)24-10-5-8-3-1-2-4-9(8)16(10)25-14(27)7-13(22)26/h1-4,6,10,16,23H,5,7H2,(H2,22,26)(H,24,28)(H,25,27)/t10-,16+/m1/s1. The largest absolute Gasteiger partial charge is 0.369 e. The van der Waals surface area contributed by atoms with Crippen LogP contribution in [0.5, 0.6) is 0 Å². The third-order valence-electron chi connectivity index (χ3n) is 4.82. The lowest BCUT2D eigenvalue weighted by Crippen LogP contribution is -2.45. The monoisotopic (exact) mass is 450 g/mol. The van der Waals surface area contributed by atoms with Gasteiger partial charge in [-0.2, -0.15) is 0 Å². The summed E-state index contributed by atoms with van der Waals surface area (Å²) in [5.41, 5.74) is 8.00. The molecule has 1 aromatic carbocycles. The van der Waals surface area contributed by atoms with Gasteiger partial charge in [0.25, 0.3) is 5.91 Å². The second-order valence-electron chi connectivity index (χ2n) is 6.78. The number of hydrogen-bond acceptors (Lipinski definition) is 4. The Kier molecular flexibility index (Phi) is 5.24. The van der Waals surface area contributed by atoms with Crippen LogP contribution in [0, 0.1) is 0 Å². The molecule has 0 saturated carbocycles. The number of H-pyrrole nitrogens is 1. The molecule has 0 spiro atoms. The number of aromatic amines is 1. The highest BCUT2D eigenvalue weighted by molar-refractivity contribution is 7.23. The number of benzene rings is 1. The van der Waals surface area contributed by atoms with Crippen LogP contribution in [-0.2, 0) is 16.0 Å². The topological polar surface area (TPSA) is 117 Å². The van der Waals surface area contributed by atoms with E-state index in [1.807, 2.05) is 24.3 Å². The molecule has 3 aromatic rings. The maximum Gasteiger partial charge on any atom is 0.268 e. The van der Waals surface area contributed by atoms with Crippen LogP contribution < -0.4 is 16.4 Å². The van der Waals surface area contributed by atoms with Gasteiger partial charge in [-0.05, 0) is 23.6 Å². The lowest BCUT2D eigenvalue weighted by Gasteiger charge is -2.22. The second kappa shape index (κ2) is 7.70. The number of rotatable bonds is 5. The lowest BCUT2D eigenvalue weighted by atomic mass is 10.1. The van der Waals surface area contributed by atoms with Gasteiger partial charge in [-0.25, -0.2) is 0 Å². The number of nitrogens with one attached hydrogen (secondary N) is 3. The first-order valence-corrected chi connectivity index (χ1v) is 10.3. The number of hydrogen-bond donors (Lipinski definition) is 4. The molecule has 150 valence electrons. The van der Waals surface area contributed by atoms with Crippen molar-refractivity contribution in [2.24, 2.45) is 5.73 Å². The Morgan fingerprint density at radius 2 is 1.97 bits per heavy atom. The highest BCUT2D eigenvalue weighted by atomic mass is 35.5. The fraction of sp³-hybridized carbons (Fsp3) is 0.211. The zero-order valence-corrected chi connectivity index (χ0v) is 17.3. The molecule has 2 heterocycles. The van der Waals surface area contributed by atoms with Crippen LogP contribution in [0.2, 0.25) is 9.36 Å². The molecule has 2 atom stereocenters. The van der Waals surface area contributed by atoms with Crippen molar-refractivity contribution in [3.05, 3.63) is 56.5 Å². The molecule has 5 N–H and O–H groups in total. The molecule has 29 heavy (non-hydrogen) atoms. The summed E-state index contributed by atoms with van der Waals surface area (Å²) >= 11 is 13.4. The summed E-state index contributed by atoms with van der Waals surface area (Å²) in [6.07, 6.45) is 0.136. The number of thiophene rings is 1. The van der Waals surface area contributed by atoms with Crippen molar-refractivity contribution >= 4 is 62.5 Å². The molecule has 1 aliphatic carbocycles. The van der Waals surface area contributed by atoms with Crippen LogP contribution in [0.25, 0.3) is 10.2 Å². The van der Waals surface area contributed by atoms with Crippen LogP contribution in [0.3, 0.4) is 0 Å². The minimum absolute atomic E-state index is 0.326. The number of primary amides is 1. The van der Waals surface area contributed by atoms with E-state index in [0.29, 0.717) is 27.0 Å². The molecular formula is C19H16Cl2N4O3S. The Labute approximate surface area is 179 Å². The van der Waals surface area contributed by atoms with Crippen molar-refractivity contribution in [1.29, 1.82) is 0 Å². The quantitative estimate of drug-likeness (QED) is 0.447. The number of carbonyl (C=O) groups excluding carboxylic acids is 3. The fourth-order valence-corrected chi connectivity index (χ4v) is 5.06. The Bertz CT molecular complexity index is 1140. The molecular weight excluding hydrogens is 435 g/mol. The molecule has 0 fully saturated rings. The van der Waals surface area contributed by atoms with Gasteiger partial charge in [-0.3, -0.25) is 14.4 Å². The SMILES string of the molecule is NC(=O)CC(=O)N[C@H]1c2ccccc2C[C@H]1NC(=O)c1cc2sc(Cl)c(Cl)c2[nH]1. The molecule has 4 rings (SSSR count). The first kappa shape index (κ1) is 19.8. The third kappa shape index (κ3) is 3.83. The average Bonchev–Trinajstić information content (AvgIpc) is 3.29. The van der Waals surface area contributed by atoms with Crippen LogP contribution in [-0.4, -0.2) is 28.7 Å². The Hall–Kier alpha value is -2.55.